The lowest BCUT2D eigenvalue weighted by Crippen LogP contribution is -2.31. The van der Waals surface area contributed by atoms with E-state index in [0.717, 1.165) is 30.6 Å². The van der Waals surface area contributed by atoms with Gasteiger partial charge in [0, 0.05) is 24.5 Å². The van der Waals surface area contributed by atoms with Crippen molar-refractivity contribution >= 4 is 17.7 Å². The fourth-order valence-electron chi connectivity index (χ4n) is 3.34. The van der Waals surface area contributed by atoms with E-state index < -0.39 is 0 Å². The minimum Gasteiger partial charge on any atom is -0.330 e. The van der Waals surface area contributed by atoms with Crippen molar-refractivity contribution in [3.8, 4) is 0 Å². The van der Waals surface area contributed by atoms with Crippen LogP contribution in [-0.2, 0) is 0 Å². The first-order valence-corrected chi connectivity index (χ1v) is 9.09. The van der Waals surface area contributed by atoms with Gasteiger partial charge in [0.05, 0.1) is 11.7 Å². The molecule has 1 atom stereocenters. The molecule has 1 aliphatic heterocycles. The average molecular weight is 359 g/mol. The van der Waals surface area contributed by atoms with Crippen LogP contribution in [0.2, 0.25) is 0 Å². The van der Waals surface area contributed by atoms with E-state index in [0.29, 0.717) is 17.3 Å². The molecular weight excluding hydrogens is 338 g/mol. The summed E-state index contributed by atoms with van der Waals surface area (Å²) >= 11 is 0. The van der Waals surface area contributed by atoms with Gasteiger partial charge in [-0.3, -0.25) is 4.79 Å². The van der Waals surface area contributed by atoms with Crippen LogP contribution >= 0.6 is 0 Å². The first-order chi connectivity index (χ1) is 13.2. The topological polar surface area (TPSA) is 71.0 Å². The Kier molecular flexibility index (Phi) is 4.78. The predicted molar refractivity (Wildman–Crippen MR) is 104 cm³/mol. The zero-order valence-electron chi connectivity index (χ0n) is 15.2. The van der Waals surface area contributed by atoms with Crippen LogP contribution in [0.1, 0.15) is 40.5 Å². The van der Waals surface area contributed by atoms with Gasteiger partial charge in [-0.2, -0.15) is 0 Å². The molecule has 1 N–H and O–H groups in total. The third-order valence-corrected chi connectivity index (χ3v) is 4.70. The molecule has 0 radical (unpaired) electrons. The third-order valence-electron chi connectivity index (χ3n) is 4.70. The largest absolute Gasteiger partial charge is 0.330 e. The Morgan fingerprint density at radius 2 is 1.96 bits per heavy atom. The van der Waals surface area contributed by atoms with Crippen molar-refractivity contribution in [1.29, 1.82) is 0 Å². The van der Waals surface area contributed by atoms with E-state index in [-0.39, 0.29) is 11.9 Å². The molecule has 0 bridgehead atoms. The van der Waals surface area contributed by atoms with Crippen molar-refractivity contribution in [3.05, 3.63) is 77.7 Å². The molecule has 0 spiro atoms. The van der Waals surface area contributed by atoms with Crippen LogP contribution in [-0.4, -0.2) is 32.3 Å². The predicted octanol–water partition coefficient (Wildman–Crippen LogP) is 3.90. The van der Waals surface area contributed by atoms with Crippen LogP contribution in [0.15, 0.2) is 60.9 Å². The number of hydrogen-bond donors (Lipinski definition) is 1. The quantitative estimate of drug-likeness (QED) is 0.765. The molecule has 1 aromatic carbocycles. The highest BCUT2D eigenvalue weighted by Gasteiger charge is 2.31. The van der Waals surface area contributed by atoms with Crippen molar-refractivity contribution < 1.29 is 4.79 Å². The number of aryl methyl sites for hydroxylation is 1. The summed E-state index contributed by atoms with van der Waals surface area (Å²) < 4.78 is 0. The number of nitrogens with zero attached hydrogens (tertiary/aromatic N) is 4. The van der Waals surface area contributed by atoms with E-state index >= 15 is 0 Å². The van der Waals surface area contributed by atoms with E-state index in [9.17, 15) is 4.79 Å². The van der Waals surface area contributed by atoms with E-state index in [4.69, 9.17) is 0 Å². The number of hydrogen-bond acceptors (Lipinski definition) is 5. The highest BCUT2D eigenvalue weighted by Crippen LogP contribution is 2.32. The Labute approximate surface area is 158 Å². The van der Waals surface area contributed by atoms with Gasteiger partial charge in [0.25, 0.3) is 5.91 Å². The summed E-state index contributed by atoms with van der Waals surface area (Å²) in [6.07, 6.45) is 5.39. The number of amides is 1. The molecule has 6 nitrogen and oxygen atoms in total. The first kappa shape index (κ1) is 17.1. The zero-order valence-corrected chi connectivity index (χ0v) is 15.2. The number of anilines is 2. The van der Waals surface area contributed by atoms with Gasteiger partial charge in [0.2, 0.25) is 5.95 Å². The Morgan fingerprint density at radius 3 is 2.74 bits per heavy atom. The van der Waals surface area contributed by atoms with Gasteiger partial charge in [-0.25, -0.2) is 15.0 Å². The SMILES string of the molecule is Cc1ccc(Nc2nccc([C@H]3CCCN3C(=O)c3ccccc3)n2)nc1. The highest BCUT2D eigenvalue weighted by atomic mass is 16.2. The lowest BCUT2D eigenvalue weighted by Gasteiger charge is -2.24. The summed E-state index contributed by atoms with van der Waals surface area (Å²) in [7, 11) is 0. The maximum absolute atomic E-state index is 12.9. The Morgan fingerprint density at radius 1 is 1.11 bits per heavy atom. The van der Waals surface area contributed by atoms with Crippen LogP contribution in [0.4, 0.5) is 11.8 Å². The average Bonchev–Trinajstić information content (AvgIpc) is 3.20. The lowest BCUT2D eigenvalue weighted by molar-refractivity contribution is 0.0733. The minimum atomic E-state index is -0.0350. The number of aromatic nitrogens is 3. The molecule has 4 rings (SSSR count). The number of nitrogens with one attached hydrogen (secondary N) is 1. The molecule has 136 valence electrons. The molecule has 2 aromatic heterocycles. The Hall–Kier alpha value is -3.28. The minimum absolute atomic E-state index is 0.0350. The molecule has 1 amide bonds. The number of carbonyl (C=O) groups is 1. The van der Waals surface area contributed by atoms with E-state index in [1.807, 2.05) is 60.4 Å². The summed E-state index contributed by atoms with van der Waals surface area (Å²) in [5.74, 6) is 1.23. The third kappa shape index (κ3) is 3.79. The second kappa shape index (κ2) is 7.53. The Bertz CT molecular complexity index is 927. The van der Waals surface area contributed by atoms with E-state index in [1.54, 1.807) is 12.4 Å². The van der Waals surface area contributed by atoms with Crippen molar-refractivity contribution in [1.82, 2.24) is 19.9 Å². The maximum Gasteiger partial charge on any atom is 0.254 e. The molecule has 27 heavy (non-hydrogen) atoms. The van der Waals surface area contributed by atoms with Crippen LogP contribution in [0.5, 0.6) is 0 Å². The molecule has 3 heterocycles. The van der Waals surface area contributed by atoms with Crippen molar-refractivity contribution in [2.75, 3.05) is 11.9 Å². The van der Waals surface area contributed by atoms with Crippen LogP contribution in [0.25, 0.3) is 0 Å². The summed E-state index contributed by atoms with van der Waals surface area (Å²) in [5.41, 5.74) is 2.65. The first-order valence-electron chi connectivity index (χ1n) is 9.09. The summed E-state index contributed by atoms with van der Waals surface area (Å²) in [6, 6.07) is 15.1. The van der Waals surface area contributed by atoms with Crippen molar-refractivity contribution in [3.63, 3.8) is 0 Å². The molecule has 0 aliphatic carbocycles. The van der Waals surface area contributed by atoms with Gasteiger partial charge >= 0.3 is 0 Å². The molecule has 0 saturated carbocycles. The van der Waals surface area contributed by atoms with Crippen LogP contribution in [0.3, 0.4) is 0 Å². The van der Waals surface area contributed by atoms with Gasteiger partial charge in [0.1, 0.15) is 5.82 Å². The van der Waals surface area contributed by atoms with Gasteiger partial charge in [-0.05, 0) is 49.6 Å². The van der Waals surface area contributed by atoms with Gasteiger partial charge in [-0.15, -0.1) is 0 Å². The van der Waals surface area contributed by atoms with Crippen LogP contribution in [0, 0.1) is 6.92 Å². The fourth-order valence-corrected chi connectivity index (χ4v) is 3.34. The molecule has 1 saturated heterocycles. The second-order valence-corrected chi connectivity index (χ2v) is 6.67. The molecule has 1 aliphatic rings. The number of rotatable bonds is 4. The van der Waals surface area contributed by atoms with Crippen molar-refractivity contribution in [2.24, 2.45) is 0 Å². The maximum atomic E-state index is 12.9. The highest BCUT2D eigenvalue weighted by molar-refractivity contribution is 5.94. The van der Waals surface area contributed by atoms with Crippen molar-refractivity contribution in [2.45, 2.75) is 25.8 Å². The lowest BCUT2D eigenvalue weighted by atomic mass is 10.1. The molecule has 0 unspecified atom stereocenters. The molecular formula is C21H21N5O. The smallest absolute Gasteiger partial charge is 0.254 e. The molecule has 6 heteroatoms. The number of likely N-dealkylation sites (tertiary alicyclic amines) is 1. The summed E-state index contributed by atoms with van der Waals surface area (Å²) in [6.45, 7) is 2.73. The fraction of sp³-hybridized carbons (Fsp3) is 0.238. The van der Waals surface area contributed by atoms with E-state index in [1.165, 1.54) is 0 Å². The summed E-state index contributed by atoms with van der Waals surface area (Å²) in [5, 5.41) is 3.13. The number of pyridine rings is 1. The molecule has 3 aromatic rings. The van der Waals surface area contributed by atoms with Gasteiger partial charge < -0.3 is 10.2 Å². The summed E-state index contributed by atoms with van der Waals surface area (Å²) in [4.78, 5) is 28.1. The number of carbonyl (C=O) groups excluding carboxylic acids is 1. The monoisotopic (exact) mass is 359 g/mol. The molecule has 1 fully saturated rings. The van der Waals surface area contributed by atoms with Gasteiger partial charge in [-0.1, -0.05) is 24.3 Å². The second-order valence-electron chi connectivity index (χ2n) is 6.67. The Balaban J connectivity index is 1.55. The van der Waals surface area contributed by atoms with E-state index in [2.05, 4.69) is 20.3 Å². The standard InChI is InChI=1S/C21H21N5O/c1-15-9-10-19(23-14-15)25-21-22-12-11-17(24-21)18-8-5-13-26(18)20(27)16-6-3-2-4-7-16/h2-4,6-7,9-12,14,18H,5,8,13H2,1H3,(H,22,23,24,25)/t18-/m1/s1. The van der Waals surface area contributed by atoms with Crippen LogP contribution < -0.4 is 5.32 Å². The normalized spacial score (nSPS) is 16.3. The van der Waals surface area contributed by atoms with Gasteiger partial charge in [0.15, 0.2) is 0 Å². The number of benzene rings is 1. The zero-order chi connectivity index (χ0) is 18.6.